The van der Waals surface area contributed by atoms with E-state index in [2.05, 4.69) is 4.74 Å². The second-order valence-corrected chi connectivity index (χ2v) is 6.25. The summed E-state index contributed by atoms with van der Waals surface area (Å²) in [5.74, 6) is -3.87. The molecule has 0 fully saturated rings. The third-order valence-electron chi connectivity index (χ3n) is 2.47. The number of alkyl halides is 3. The van der Waals surface area contributed by atoms with Crippen molar-refractivity contribution in [2.45, 2.75) is 20.0 Å². The van der Waals surface area contributed by atoms with Crippen molar-refractivity contribution >= 4 is 13.6 Å². The second kappa shape index (κ2) is 7.90. The van der Waals surface area contributed by atoms with Crippen LogP contribution in [0.4, 0.5) is 17.6 Å². The molecule has 1 aromatic carbocycles. The maximum atomic E-state index is 13.7. The topological polar surface area (TPSA) is 61.8 Å². The van der Waals surface area contributed by atoms with Crippen LogP contribution in [0.5, 0.6) is 5.75 Å². The molecule has 130 valence electrons. The molecule has 23 heavy (non-hydrogen) atoms. The Bertz CT molecular complexity index is 593. The lowest BCUT2D eigenvalue weighted by molar-refractivity contribution is -0.141. The third kappa shape index (κ3) is 5.60. The smallest absolute Gasteiger partial charge is 0.419 e. The number of ether oxygens (including phenoxy) is 1. The molecular formula is C13H15F4O5P. The standard InChI is InChI=1S/C13H15F4O5P/c1-3-20-23(19,21-4-2)8-11(18)22-10-7-5-6-9(12(10)14)13(15,16)17/h5-7H,3-4,8H2,1-2H3. The monoisotopic (exact) mass is 358 g/mol. The first-order valence-corrected chi connectivity index (χ1v) is 8.30. The number of benzene rings is 1. The predicted molar refractivity (Wildman–Crippen MR) is 72.8 cm³/mol. The summed E-state index contributed by atoms with van der Waals surface area (Å²) in [6, 6.07) is 2.26. The molecule has 10 heteroatoms. The van der Waals surface area contributed by atoms with Crippen LogP contribution in [0.25, 0.3) is 0 Å². The van der Waals surface area contributed by atoms with Gasteiger partial charge in [0.05, 0.1) is 18.8 Å². The largest absolute Gasteiger partial charge is 0.423 e. The molecule has 5 nitrogen and oxygen atoms in total. The highest BCUT2D eigenvalue weighted by molar-refractivity contribution is 7.54. The van der Waals surface area contributed by atoms with Gasteiger partial charge in [0.2, 0.25) is 0 Å². The number of halogens is 4. The van der Waals surface area contributed by atoms with Gasteiger partial charge in [-0.05, 0) is 26.0 Å². The molecule has 0 bridgehead atoms. The lowest BCUT2D eigenvalue weighted by atomic mass is 10.2. The van der Waals surface area contributed by atoms with E-state index in [1.165, 1.54) is 13.8 Å². The Morgan fingerprint density at radius 2 is 1.74 bits per heavy atom. The summed E-state index contributed by atoms with van der Waals surface area (Å²) in [4.78, 5) is 11.7. The molecule has 0 N–H and O–H groups in total. The van der Waals surface area contributed by atoms with E-state index in [1.54, 1.807) is 0 Å². The van der Waals surface area contributed by atoms with E-state index >= 15 is 0 Å². The third-order valence-corrected chi connectivity index (χ3v) is 4.42. The Morgan fingerprint density at radius 3 is 2.22 bits per heavy atom. The van der Waals surface area contributed by atoms with Crippen LogP contribution in [0.15, 0.2) is 18.2 Å². The summed E-state index contributed by atoms with van der Waals surface area (Å²) in [5.41, 5.74) is -1.57. The highest BCUT2D eigenvalue weighted by Gasteiger charge is 2.36. The van der Waals surface area contributed by atoms with E-state index in [0.29, 0.717) is 6.07 Å². The molecule has 0 aliphatic heterocycles. The van der Waals surface area contributed by atoms with Gasteiger partial charge in [0.25, 0.3) is 0 Å². The fraction of sp³-hybridized carbons (Fsp3) is 0.462. The normalized spacial score (nSPS) is 12.3. The van der Waals surface area contributed by atoms with Gasteiger partial charge in [0.1, 0.15) is 6.16 Å². The van der Waals surface area contributed by atoms with Gasteiger partial charge < -0.3 is 13.8 Å². The van der Waals surface area contributed by atoms with Gasteiger partial charge >= 0.3 is 19.7 Å². The van der Waals surface area contributed by atoms with E-state index in [-0.39, 0.29) is 13.2 Å². The van der Waals surface area contributed by atoms with Gasteiger partial charge in [-0.25, -0.2) is 4.39 Å². The summed E-state index contributed by atoms with van der Waals surface area (Å²) >= 11 is 0. The Hall–Kier alpha value is -1.44. The Kier molecular flexibility index (Phi) is 6.73. The van der Waals surface area contributed by atoms with Crippen molar-refractivity contribution in [3.63, 3.8) is 0 Å². The second-order valence-electron chi connectivity index (χ2n) is 4.19. The minimum Gasteiger partial charge on any atom is -0.423 e. The Morgan fingerprint density at radius 1 is 1.17 bits per heavy atom. The van der Waals surface area contributed by atoms with Crippen molar-refractivity contribution in [2.75, 3.05) is 19.4 Å². The van der Waals surface area contributed by atoms with E-state index in [4.69, 9.17) is 9.05 Å². The van der Waals surface area contributed by atoms with Gasteiger partial charge in [-0.2, -0.15) is 13.2 Å². The lowest BCUT2D eigenvalue weighted by Crippen LogP contribution is -2.17. The van der Waals surface area contributed by atoms with Crippen LogP contribution in [0, 0.1) is 5.82 Å². The zero-order valence-electron chi connectivity index (χ0n) is 12.4. The van der Waals surface area contributed by atoms with E-state index in [0.717, 1.165) is 12.1 Å². The maximum absolute atomic E-state index is 13.7. The van der Waals surface area contributed by atoms with Crippen LogP contribution < -0.4 is 4.74 Å². The summed E-state index contributed by atoms with van der Waals surface area (Å²) in [6.45, 7) is 3.01. The summed E-state index contributed by atoms with van der Waals surface area (Å²) in [5, 5.41) is 0. The summed E-state index contributed by atoms with van der Waals surface area (Å²) < 4.78 is 77.8. The van der Waals surface area contributed by atoms with Crippen molar-refractivity contribution in [3.05, 3.63) is 29.6 Å². The number of carbonyl (C=O) groups excluding carboxylic acids is 1. The minimum absolute atomic E-state index is 0.0114. The molecule has 0 spiro atoms. The number of carbonyl (C=O) groups is 1. The molecule has 1 rings (SSSR count). The average molecular weight is 358 g/mol. The van der Waals surface area contributed by atoms with Gasteiger partial charge in [0.15, 0.2) is 11.6 Å². The highest BCUT2D eigenvalue weighted by Crippen LogP contribution is 2.48. The molecule has 0 aromatic heterocycles. The molecule has 0 amide bonds. The molecule has 0 heterocycles. The zero-order chi connectivity index (χ0) is 17.7. The first kappa shape index (κ1) is 19.6. The molecule has 0 saturated heterocycles. The van der Waals surface area contributed by atoms with Crippen LogP contribution in [-0.4, -0.2) is 25.3 Å². The SMILES string of the molecule is CCOP(=O)(CC(=O)Oc1cccc(C(F)(F)F)c1F)OCC. The van der Waals surface area contributed by atoms with Crippen molar-refractivity contribution < 1.29 is 40.7 Å². The minimum atomic E-state index is -4.93. The van der Waals surface area contributed by atoms with Crippen molar-refractivity contribution in [1.29, 1.82) is 0 Å². The quantitative estimate of drug-likeness (QED) is 0.319. The maximum Gasteiger partial charge on any atom is 0.419 e. The fourth-order valence-electron chi connectivity index (χ4n) is 1.64. The van der Waals surface area contributed by atoms with Crippen molar-refractivity contribution in [2.24, 2.45) is 0 Å². The average Bonchev–Trinajstić information content (AvgIpc) is 2.39. The van der Waals surface area contributed by atoms with Crippen LogP contribution in [0.2, 0.25) is 0 Å². The van der Waals surface area contributed by atoms with Crippen molar-refractivity contribution in [3.8, 4) is 5.75 Å². The first-order valence-electron chi connectivity index (χ1n) is 6.57. The molecule has 0 aliphatic carbocycles. The fourth-order valence-corrected chi connectivity index (χ4v) is 3.07. The molecule has 0 unspecified atom stereocenters. The van der Waals surface area contributed by atoms with Gasteiger partial charge in [-0.1, -0.05) is 6.07 Å². The van der Waals surface area contributed by atoms with E-state index in [9.17, 15) is 26.9 Å². The Labute approximate surface area is 130 Å². The molecule has 0 aliphatic rings. The van der Waals surface area contributed by atoms with Crippen LogP contribution in [0.3, 0.4) is 0 Å². The van der Waals surface area contributed by atoms with Crippen LogP contribution in [0.1, 0.15) is 19.4 Å². The van der Waals surface area contributed by atoms with E-state index in [1.807, 2.05) is 0 Å². The Balaban J connectivity index is 2.92. The number of hydrogen-bond acceptors (Lipinski definition) is 5. The number of rotatable bonds is 7. The first-order chi connectivity index (χ1) is 10.6. The number of esters is 1. The van der Waals surface area contributed by atoms with Gasteiger partial charge in [-0.3, -0.25) is 9.36 Å². The summed E-state index contributed by atoms with van der Waals surface area (Å²) in [7, 11) is -3.79. The molecule has 1 aromatic rings. The van der Waals surface area contributed by atoms with Crippen LogP contribution >= 0.6 is 7.60 Å². The van der Waals surface area contributed by atoms with Crippen molar-refractivity contribution in [1.82, 2.24) is 0 Å². The zero-order valence-corrected chi connectivity index (χ0v) is 13.2. The van der Waals surface area contributed by atoms with Gasteiger partial charge in [0, 0.05) is 0 Å². The molecule has 0 radical (unpaired) electrons. The van der Waals surface area contributed by atoms with Crippen LogP contribution in [-0.2, 0) is 24.6 Å². The number of hydrogen-bond donors (Lipinski definition) is 0. The van der Waals surface area contributed by atoms with Gasteiger partial charge in [-0.15, -0.1) is 0 Å². The highest BCUT2D eigenvalue weighted by atomic mass is 31.2. The lowest BCUT2D eigenvalue weighted by Gasteiger charge is -2.16. The molecular weight excluding hydrogens is 343 g/mol. The predicted octanol–water partition coefficient (Wildman–Crippen LogP) is 4.02. The summed E-state index contributed by atoms with van der Waals surface area (Å²) in [6.07, 6.45) is -5.77. The van der Waals surface area contributed by atoms with E-state index < -0.39 is 43.0 Å². The molecule has 0 atom stereocenters. The molecule has 0 saturated carbocycles.